The fourth-order valence-corrected chi connectivity index (χ4v) is 1.20. The van der Waals surface area contributed by atoms with E-state index in [2.05, 4.69) is 4.74 Å². The number of ether oxygens (including phenoxy) is 1. The average molecular weight is 262 g/mol. The van der Waals surface area contributed by atoms with E-state index in [0.29, 0.717) is 18.2 Å². The second-order valence-electron chi connectivity index (χ2n) is 3.32. The maximum atomic E-state index is 13.2. The Morgan fingerprint density at radius 3 is 2.61 bits per heavy atom. The van der Waals surface area contributed by atoms with Crippen LogP contribution in [-0.2, 0) is 15.7 Å². The van der Waals surface area contributed by atoms with Crippen LogP contribution in [0.15, 0.2) is 24.3 Å². The van der Waals surface area contributed by atoms with Crippen molar-refractivity contribution < 1.29 is 27.1 Å². The van der Waals surface area contributed by atoms with Gasteiger partial charge in [-0.3, -0.25) is 0 Å². The zero-order chi connectivity index (χ0) is 13.8. The highest BCUT2D eigenvalue weighted by atomic mass is 19.4. The van der Waals surface area contributed by atoms with Crippen molar-refractivity contribution in [3.05, 3.63) is 41.2 Å². The van der Waals surface area contributed by atoms with E-state index < -0.39 is 23.5 Å². The van der Waals surface area contributed by atoms with Crippen molar-refractivity contribution in [1.29, 1.82) is 0 Å². The molecule has 1 aromatic carbocycles. The Morgan fingerprint density at radius 2 is 2.06 bits per heavy atom. The first kappa shape index (κ1) is 14.2. The topological polar surface area (TPSA) is 26.3 Å². The Hall–Kier alpha value is -1.85. The number of hydrogen-bond donors (Lipinski definition) is 0. The first-order valence-electron chi connectivity index (χ1n) is 5.06. The van der Waals surface area contributed by atoms with Gasteiger partial charge in [0.05, 0.1) is 12.2 Å². The number of benzene rings is 1. The number of carbonyl (C=O) groups is 1. The number of halogens is 4. The van der Waals surface area contributed by atoms with E-state index in [-0.39, 0.29) is 12.2 Å². The lowest BCUT2D eigenvalue weighted by molar-refractivity contribution is -0.138. The van der Waals surface area contributed by atoms with E-state index in [1.54, 1.807) is 6.92 Å². The van der Waals surface area contributed by atoms with Crippen LogP contribution in [0.4, 0.5) is 17.6 Å². The van der Waals surface area contributed by atoms with Gasteiger partial charge in [0.25, 0.3) is 0 Å². The Balaban J connectivity index is 2.98. The van der Waals surface area contributed by atoms with Gasteiger partial charge >= 0.3 is 12.1 Å². The molecular formula is C12H10F4O2. The molecule has 0 fully saturated rings. The van der Waals surface area contributed by atoms with Crippen molar-refractivity contribution in [3.63, 3.8) is 0 Å². The SMILES string of the molecule is CCOC(=O)/C=C/c1cc(C(F)(F)F)ccc1F. The number of rotatable bonds is 3. The summed E-state index contributed by atoms with van der Waals surface area (Å²) in [5.74, 6) is -1.59. The highest BCUT2D eigenvalue weighted by molar-refractivity contribution is 5.87. The lowest BCUT2D eigenvalue weighted by atomic mass is 10.1. The molecule has 0 saturated carbocycles. The standard InChI is InChI=1S/C12H10F4O2/c1-2-18-11(17)6-3-8-7-9(12(14,15)16)4-5-10(8)13/h3-7H,2H2,1H3/b6-3+. The Morgan fingerprint density at radius 1 is 1.39 bits per heavy atom. The zero-order valence-corrected chi connectivity index (χ0v) is 9.42. The lowest BCUT2D eigenvalue weighted by Crippen LogP contribution is -2.05. The van der Waals surface area contributed by atoms with Crippen molar-refractivity contribution in [2.24, 2.45) is 0 Å². The smallest absolute Gasteiger partial charge is 0.416 e. The molecule has 6 heteroatoms. The van der Waals surface area contributed by atoms with Crippen LogP contribution < -0.4 is 0 Å². The second-order valence-corrected chi connectivity index (χ2v) is 3.32. The number of esters is 1. The summed E-state index contributed by atoms with van der Waals surface area (Å²) in [6.45, 7) is 1.71. The van der Waals surface area contributed by atoms with Crippen LogP contribution in [0.25, 0.3) is 6.08 Å². The quantitative estimate of drug-likeness (QED) is 0.474. The minimum absolute atomic E-state index is 0.133. The van der Waals surface area contributed by atoms with E-state index in [1.165, 1.54) is 0 Å². The van der Waals surface area contributed by atoms with Crippen LogP contribution in [-0.4, -0.2) is 12.6 Å². The molecular weight excluding hydrogens is 252 g/mol. The van der Waals surface area contributed by atoms with Crippen LogP contribution >= 0.6 is 0 Å². The minimum Gasteiger partial charge on any atom is -0.463 e. The van der Waals surface area contributed by atoms with Crippen LogP contribution in [0.5, 0.6) is 0 Å². The summed E-state index contributed by atoms with van der Waals surface area (Å²) < 4.78 is 54.9. The molecule has 0 aliphatic carbocycles. The van der Waals surface area contributed by atoms with Crippen LogP contribution in [0.1, 0.15) is 18.1 Å². The van der Waals surface area contributed by atoms with Crippen molar-refractivity contribution >= 4 is 12.0 Å². The van der Waals surface area contributed by atoms with E-state index in [1.807, 2.05) is 0 Å². The summed E-state index contributed by atoms with van der Waals surface area (Å²) in [5, 5.41) is 0. The van der Waals surface area contributed by atoms with Gasteiger partial charge in [0.1, 0.15) is 5.82 Å². The fourth-order valence-electron chi connectivity index (χ4n) is 1.20. The van der Waals surface area contributed by atoms with Crippen molar-refractivity contribution in [1.82, 2.24) is 0 Å². The molecule has 98 valence electrons. The molecule has 18 heavy (non-hydrogen) atoms. The van der Waals surface area contributed by atoms with Gasteiger partial charge in [0.2, 0.25) is 0 Å². The Kier molecular flexibility index (Phi) is 4.47. The zero-order valence-electron chi connectivity index (χ0n) is 9.42. The number of carbonyl (C=O) groups excluding carboxylic acids is 1. The summed E-state index contributed by atoms with van der Waals surface area (Å²) in [6.07, 6.45) is -2.73. The van der Waals surface area contributed by atoms with E-state index in [4.69, 9.17) is 0 Å². The molecule has 0 aliphatic heterocycles. The van der Waals surface area contributed by atoms with Crippen LogP contribution in [0.2, 0.25) is 0 Å². The molecule has 0 aromatic heterocycles. The Labute approximate surface area is 101 Å². The summed E-state index contributed by atoms with van der Waals surface area (Å²) in [5.41, 5.74) is -1.30. The largest absolute Gasteiger partial charge is 0.463 e. The first-order valence-corrected chi connectivity index (χ1v) is 5.06. The molecule has 0 saturated heterocycles. The van der Waals surface area contributed by atoms with Crippen LogP contribution in [0, 0.1) is 5.82 Å². The summed E-state index contributed by atoms with van der Waals surface area (Å²) in [4.78, 5) is 11.0. The molecule has 0 aliphatic rings. The van der Waals surface area contributed by atoms with Crippen molar-refractivity contribution in [3.8, 4) is 0 Å². The van der Waals surface area contributed by atoms with Gasteiger partial charge in [-0.15, -0.1) is 0 Å². The number of hydrogen-bond acceptors (Lipinski definition) is 2. The minimum atomic E-state index is -4.56. The predicted octanol–water partition coefficient (Wildman–Crippen LogP) is 3.42. The van der Waals surface area contributed by atoms with Gasteiger partial charge in [0.15, 0.2) is 0 Å². The molecule has 2 nitrogen and oxygen atoms in total. The average Bonchev–Trinajstić information content (AvgIpc) is 2.26. The molecule has 1 aromatic rings. The van der Waals surface area contributed by atoms with Gasteiger partial charge in [-0.05, 0) is 31.2 Å². The molecule has 0 heterocycles. The van der Waals surface area contributed by atoms with Gasteiger partial charge < -0.3 is 4.74 Å². The third-order valence-electron chi connectivity index (χ3n) is 2.01. The lowest BCUT2D eigenvalue weighted by Gasteiger charge is -2.07. The Bertz CT molecular complexity index is 464. The molecule has 0 atom stereocenters. The van der Waals surface area contributed by atoms with Gasteiger partial charge in [-0.2, -0.15) is 13.2 Å². The van der Waals surface area contributed by atoms with E-state index in [9.17, 15) is 22.4 Å². The first-order chi connectivity index (χ1) is 8.34. The van der Waals surface area contributed by atoms with Gasteiger partial charge in [-0.25, -0.2) is 9.18 Å². The normalized spacial score (nSPS) is 11.8. The molecule has 0 unspecified atom stereocenters. The molecule has 0 N–H and O–H groups in total. The molecule has 0 radical (unpaired) electrons. The monoisotopic (exact) mass is 262 g/mol. The molecule has 0 spiro atoms. The number of alkyl halides is 3. The highest BCUT2D eigenvalue weighted by Gasteiger charge is 2.30. The molecule has 1 rings (SSSR count). The molecule has 0 bridgehead atoms. The maximum absolute atomic E-state index is 13.2. The van der Waals surface area contributed by atoms with Crippen molar-refractivity contribution in [2.45, 2.75) is 13.1 Å². The summed E-state index contributed by atoms with van der Waals surface area (Å²) in [6, 6.07) is 1.97. The van der Waals surface area contributed by atoms with Gasteiger partial charge in [0, 0.05) is 11.6 Å². The van der Waals surface area contributed by atoms with Crippen LogP contribution in [0.3, 0.4) is 0 Å². The molecule has 0 amide bonds. The van der Waals surface area contributed by atoms with E-state index in [0.717, 1.165) is 12.2 Å². The van der Waals surface area contributed by atoms with Crippen molar-refractivity contribution in [2.75, 3.05) is 6.61 Å². The third kappa shape index (κ3) is 3.87. The highest BCUT2D eigenvalue weighted by Crippen LogP contribution is 2.30. The van der Waals surface area contributed by atoms with E-state index >= 15 is 0 Å². The predicted molar refractivity (Wildman–Crippen MR) is 57.1 cm³/mol. The van der Waals surface area contributed by atoms with Gasteiger partial charge in [-0.1, -0.05) is 0 Å². The fraction of sp³-hybridized carbons (Fsp3) is 0.250. The third-order valence-corrected chi connectivity index (χ3v) is 2.01. The second kappa shape index (κ2) is 5.66. The maximum Gasteiger partial charge on any atom is 0.416 e. The summed E-state index contributed by atoms with van der Waals surface area (Å²) >= 11 is 0. The summed E-state index contributed by atoms with van der Waals surface area (Å²) in [7, 11) is 0.